The van der Waals surface area contributed by atoms with Gasteiger partial charge in [0.1, 0.15) is 24.0 Å². The molecule has 1 saturated carbocycles. The van der Waals surface area contributed by atoms with E-state index in [1.807, 2.05) is 33.8 Å². The molecule has 0 aromatic heterocycles. The van der Waals surface area contributed by atoms with Crippen molar-refractivity contribution in [3.8, 4) is 0 Å². The maximum Gasteiger partial charge on any atom is 0.329 e. The lowest BCUT2D eigenvalue weighted by Gasteiger charge is -2.47. The number of fused-ring (bicyclic) bond motifs is 3. The minimum absolute atomic E-state index is 0.00939. The van der Waals surface area contributed by atoms with Crippen molar-refractivity contribution in [3.05, 3.63) is 23.3 Å². The first kappa shape index (κ1) is 63.4. The molecule has 73 heavy (non-hydrogen) atoms. The molecule has 1 amide bonds. The third kappa shape index (κ3) is 15.8. The molecule has 0 radical (unpaired) electrons. The van der Waals surface area contributed by atoms with Gasteiger partial charge in [0.25, 0.3) is 11.7 Å². The Labute approximate surface area is 441 Å². The van der Waals surface area contributed by atoms with Crippen LogP contribution in [0.2, 0.25) is 36.3 Å². The Balaban J connectivity index is 1.91. The zero-order chi connectivity index (χ0) is 55.2. The Morgan fingerprint density at radius 1 is 0.822 bits per heavy atom. The first-order valence-electron chi connectivity index (χ1n) is 27.3. The van der Waals surface area contributed by atoms with Gasteiger partial charge < -0.3 is 52.8 Å². The summed E-state index contributed by atoms with van der Waals surface area (Å²) in [5.74, 6) is -7.90. The highest BCUT2D eigenvalue weighted by Crippen LogP contribution is 2.44. The highest BCUT2D eigenvalue weighted by molar-refractivity contribution is 6.74. The highest BCUT2D eigenvalue weighted by atomic mass is 28.4. The van der Waals surface area contributed by atoms with Gasteiger partial charge in [-0.3, -0.25) is 14.4 Å². The van der Waals surface area contributed by atoms with Gasteiger partial charge in [-0.2, -0.15) is 0 Å². The lowest BCUT2D eigenvalue weighted by Crippen LogP contribution is -2.64. The van der Waals surface area contributed by atoms with Crippen molar-refractivity contribution in [2.75, 3.05) is 34.5 Å². The second-order valence-corrected chi connectivity index (χ2v) is 35.0. The molecule has 3 heterocycles. The number of ketones is 2. The largest absolute Gasteiger partial charge is 0.456 e. The zero-order valence-corrected chi connectivity index (χ0v) is 50.2. The lowest BCUT2D eigenvalue weighted by atomic mass is 9.81. The molecule has 1 aliphatic carbocycles. The second-order valence-electron chi connectivity index (χ2n) is 25.5. The number of aliphatic hydroxyl groups excluding tert-OH is 2. The number of carbonyl (C=O) groups excluding carboxylic acids is 4. The summed E-state index contributed by atoms with van der Waals surface area (Å²) in [4.78, 5) is 60.6. The number of hydrogen-bond acceptors (Lipinski definition) is 14. The first-order chi connectivity index (χ1) is 33.7. The van der Waals surface area contributed by atoms with Crippen LogP contribution >= 0.6 is 0 Å². The van der Waals surface area contributed by atoms with Crippen LogP contribution in [0.25, 0.3) is 0 Å². The van der Waals surface area contributed by atoms with Gasteiger partial charge in [-0.25, -0.2) is 4.79 Å². The predicted molar refractivity (Wildman–Crippen MR) is 288 cm³/mol. The summed E-state index contributed by atoms with van der Waals surface area (Å²) in [5, 5.41) is 33.1. The molecule has 3 fully saturated rings. The van der Waals surface area contributed by atoms with E-state index in [4.69, 9.17) is 32.5 Å². The number of aliphatic hydroxyl groups is 3. The molecule has 15 nitrogen and oxygen atoms in total. The lowest BCUT2D eigenvalue weighted by molar-refractivity contribution is -0.302. The van der Waals surface area contributed by atoms with Crippen molar-refractivity contribution >= 4 is 40.1 Å². The summed E-state index contributed by atoms with van der Waals surface area (Å²) in [7, 11) is 0.00811. The van der Waals surface area contributed by atoms with E-state index < -0.39 is 107 Å². The average molecular weight is 1070 g/mol. The molecule has 2 saturated heterocycles. The Bertz CT molecular complexity index is 1930. The molecule has 420 valence electrons. The van der Waals surface area contributed by atoms with E-state index in [0.29, 0.717) is 32.1 Å². The van der Waals surface area contributed by atoms with Crippen LogP contribution in [0.1, 0.15) is 147 Å². The number of nitrogens with zero attached hydrogens (tertiary/aromatic N) is 1. The fraction of sp³-hybridized carbons (Fsp3) is 0.857. The van der Waals surface area contributed by atoms with E-state index in [-0.39, 0.29) is 72.1 Å². The van der Waals surface area contributed by atoms with Crippen molar-refractivity contribution in [1.29, 1.82) is 0 Å². The molecular formula is C56H99NO14Si2. The Morgan fingerprint density at radius 3 is 1.96 bits per heavy atom. The van der Waals surface area contributed by atoms with Gasteiger partial charge in [0, 0.05) is 52.0 Å². The number of hydrogen-bond donors (Lipinski definition) is 3. The molecule has 2 bridgehead atoms. The summed E-state index contributed by atoms with van der Waals surface area (Å²) in [6.07, 6.45) is 3.38. The van der Waals surface area contributed by atoms with E-state index in [1.54, 1.807) is 14.0 Å². The van der Waals surface area contributed by atoms with Crippen LogP contribution in [0.15, 0.2) is 23.3 Å². The van der Waals surface area contributed by atoms with Crippen LogP contribution in [-0.2, 0) is 51.7 Å². The Morgan fingerprint density at radius 2 is 1.40 bits per heavy atom. The quantitative estimate of drug-likeness (QED) is 0.0725. The minimum atomic E-state index is -2.65. The monoisotopic (exact) mass is 1070 g/mol. The van der Waals surface area contributed by atoms with E-state index in [9.17, 15) is 24.9 Å². The van der Waals surface area contributed by atoms with Crippen molar-refractivity contribution in [1.82, 2.24) is 4.90 Å². The van der Waals surface area contributed by atoms with E-state index in [1.165, 1.54) is 19.1 Å². The van der Waals surface area contributed by atoms with Gasteiger partial charge in [-0.15, -0.1) is 0 Å². The fourth-order valence-electron chi connectivity index (χ4n) is 11.0. The first-order valence-corrected chi connectivity index (χ1v) is 33.1. The number of allylic oxidation sites excluding steroid dienone is 3. The van der Waals surface area contributed by atoms with Crippen molar-refractivity contribution in [2.24, 2.45) is 29.6 Å². The Hall–Kier alpha value is -2.17. The van der Waals surface area contributed by atoms with Crippen LogP contribution in [0, 0.1) is 29.6 Å². The number of carbonyl (C=O) groups is 4. The normalized spacial score (nSPS) is 35.4. The molecule has 17 heteroatoms. The van der Waals surface area contributed by atoms with Crippen LogP contribution in [0.5, 0.6) is 0 Å². The third-order valence-electron chi connectivity index (χ3n) is 17.6. The van der Waals surface area contributed by atoms with Crippen molar-refractivity contribution < 1.29 is 67.0 Å². The van der Waals surface area contributed by atoms with Crippen molar-refractivity contribution in [2.45, 2.75) is 244 Å². The van der Waals surface area contributed by atoms with Gasteiger partial charge in [-0.05, 0) is 132 Å². The molecule has 15 atom stereocenters. The SMILES string of the molecule is CO[C@H]1C[C@@H](C)[C@@]2(O)O[C@@H]1[C@H](OC)C[C@H](C)CC(C)=C[C@H](CC(O)CO)C(=O)C[C@H](O[Si](C)(C)C(C)(C)C)[C@@H](C)[C@@H](C(C)=C[C@@H]1CC[C@@H](O[Si](C)(C)C(C)(C)C)[C@H](OC)C1)OC(=O)[C@@H]1CCCCN1C(=O)C2=O. The topological polar surface area (TPSA) is 197 Å². The number of cyclic esters (lactones) is 1. The number of rotatable bonds is 12. The number of ether oxygens (including phenoxy) is 5. The number of esters is 1. The maximum atomic E-state index is 15.1. The van der Waals surface area contributed by atoms with Gasteiger partial charge in [0.05, 0.1) is 43.2 Å². The van der Waals surface area contributed by atoms with E-state index in [2.05, 4.69) is 73.8 Å². The van der Waals surface area contributed by atoms with Crippen LogP contribution in [-0.4, -0.2) is 155 Å². The van der Waals surface area contributed by atoms with Gasteiger partial charge in [0.15, 0.2) is 16.6 Å². The number of methoxy groups -OCH3 is 3. The molecule has 3 N–H and O–H groups in total. The smallest absolute Gasteiger partial charge is 0.329 e. The van der Waals surface area contributed by atoms with Gasteiger partial charge in [0.2, 0.25) is 5.79 Å². The molecule has 4 rings (SSSR count). The number of Topliss-reactive ketones (excluding diaryl/α,β-unsaturated/α-hetero) is 2. The minimum Gasteiger partial charge on any atom is -0.456 e. The van der Waals surface area contributed by atoms with E-state index >= 15 is 9.59 Å². The predicted octanol–water partition coefficient (Wildman–Crippen LogP) is 8.87. The molecule has 4 aliphatic rings. The van der Waals surface area contributed by atoms with Gasteiger partial charge in [-0.1, -0.05) is 80.0 Å². The zero-order valence-electron chi connectivity index (χ0n) is 48.2. The maximum absolute atomic E-state index is 15.1. The summed E-state index contributed by atoms with van der Waals surface area (Å²) >= 11 is 0. The molecule has 1 unspecified atom stereocenters. The van der Waals surface area contributed by atoms with Crippen LogP contribution in [0.4, 0.5) is 0 Å². The summed E-state index contributed by atoms with van der Waals surface area (Å²) < 4.78 is 45.3. The highest BCUT2D eigenvalue weighted by Gasteiger charge is 2.57. The standard InChI is InChI=1S/C56H99NO14Si2/c1-34-25-35(2)27-47(66-13)50-48(67-14)29-37(4)56(64,69-50)51(61)52(62)57-24-20-19-21-42(57)53(63)68-49(36(3)28-39-22-23-44(46(30-39)65-12)70-72(15,16)54(6,7)8)38(5)45(71-73(17,18)55(9,10)11)32-43(60)40(26-34)31-41(59)33-58/h26,28,35,37-42,44-50,58-59,64H,19-25,27,29-33H2,1-18H3/t35-,37-,38-,39+,40-,41?,42+,44-,45+,46-,47-,48+,49-,50-,56-/m1/s1. The molecule has 3 aliphatic heterocycles. The second kappa shape index (κ2) is 26.0. The molecule has 0 aromatic carbocycles. The molecule has 0 spiro atoms. The van der Waals surface area contributed by atoms with Crippen LogP contribution < -0.4 is 0 Å². The van der Waals surface area contributed by atoms with Gasteiger partial charge >= 0.3 is 5.97 Å². The average Bonchev–Trinajstić information content (AvgIpc) is 3.31. The van der Waals surface area contributed by atoms with Crippen LogP contribution in [0.3, 0.4) is 0 Å². The fourth-order valence-corrected chi connectivity index (χ4v) is 13.8. The summed E-state index contributed by atoms with van der Waals surface area (Å²) in [5.41, 5.74) is 1.64. The molecular weight excluding hydrogens is 967 g/mol. The number of amides is 1. The summed E-state index contributed by atoms with van der Waals surface area (Å²) in [6, 6.07) is -1.15. The number of piperidine rings is 1. The van der Waals surface area contributed by atoms with Crippen molar-refractivity contribution in [3.63, 3.8) is 0 Å². The summed E-state index contributed by atoms with van der Waals surface area (Å²) in [6.45, 7) is 30.9. The molecule has 0 aromatic rings. The van der Waals surface area contributed by atoms with E-state index in [0.717, 1.165) is 24.0 Å². The Kier molecular flexibility index (Phi) is 22.6. The third-order valence-corrected chi connectivity index (χ3v) is 26.6.